The number of aliphatic hydroxyl groups excluding tert-OH is 1. The van der Waals surface area contributed by atoms with Gasteiger partial charge in [-0.3, -0.25) is 4.79 Å². The standard InChI is InChI=1S/C22H31N7O2/c1-3-17-15-24-29-20(17)25-22(28-10-6-5-7-18(28)9-12-30)26-21(29)23-14-16-8-11-27(4-2)19(31)13-16/h8,11,13,15,18,30H,3-7,9-10,12,14H2,1-2H3,(H,23,25,26). The van der Waals surface area contributed by atoms with Gasteiger partial charge in [-0.2, -0.15) is 19.6 Å². The van der Waals surface area contributed by atoms with Gasteiger partial charge >= 0.3 is 0 Å². The molecule has 0 saturated carbocycles. The van der Waals surface area contributed by atoms with Gasteiger partial charge < -0.3 is 19.9 Å². The fraction of sp³-hybridized carbons (Fsp3) is 0.545. The monoisotopic (exact) mass is 425 g/mol. The highest BCUT2D eigenvalue weighted by Gasteiger charge is 2.26. The van der Waals surface area contributed by atoms with Crippen molar-refractivity contribution in [2.45, 2.75) is 65.1 Å². The van der Waals surface area contributed by atoms with E-state index in [1.807, 2.05) is 25.4 Å². The predicted octanol–water partition coefficient (Wildman–Crippen LogP) is 2.22. The van der Waals surface area contributed by atoms with E-state index in [-0.39, 0.29) is 18.2 Å². The molecule has 4 rings (SSSR count). The Balaban J connectivity index is 1.67. The molecule has 1 aliphatic rings. The van der Waals surface area contributed by atoms with Crippen LogP contribution in [0.2, 0.25) is 0 Å². The number of rotatable bonds is 8. The smallest absolute Gasteiger partial charge is 0.250 e. The van der Waals surface area contributed by atoms with Gasteiger partial charge in [0.2, 0.25) is 11.9 Å². The molecule has 0 bridgehead atoms. The molecule has 166 valence electrons. The molecule has 0 aromatic carbocycles. The van der Waals surface area contributed by atoms with Gasteiger partial charge in [0, 0.05) is 50.1 Å². The summed E-state index contributed by atoms with van der Waals surface area (Å²) in [5.41, 5.74) is 2.74. The van der Waals surface area contributed by atoms with E-state index in [1.54, 1.807) is 15.1 Å². The third-order valence-electron chi connectivity index (χ3n) is 6.01. The average Bonchev–Trinajstić information content (AvgIpc) is 3.21. The molecule has 1 atom stereocenters. The van der Waals surface area contributed by atoms with Crippen LogP contribution in [-0.2, 0) is 19.5 Å². The van der Waals surface area contributed by atoms with Crippen molar-refractivity contribution in [2.24, 2.45) is 0 Å². The van der Waals surface area contributed by atoms with E-state index in [0.717, 1.165) is 49.0 Å². The maximum Gasteiger partial charge on any atom is 0.250 e. The molecule has 0 aliphatic carbocycles. The fourth-order valence-electron chi connectivity index (χ4n) is 4.22. The Morgan fingerprint density at radius 3 is 2.87 bits per heavy atom. The van der Waals surface area contributed by atoms with Crippen LogP contribution in [0.3, 0.4) is 0 Å². The van der Waals surface area contributed by atoms with Gasteiger partial charge in [0.15, 0.2) is 5.65 Å². The number of nitrogens with zero attached hydrogens (tertiary/aromatic N) is 6. The second-order valence-electron chi connectivity index (χ2n) is 7.97. The minimum absolute atomic E-state index is 0.0113. The van der Waals surface area contributed by atoms with Gasteiger partial charge in [0.25, 0.3) is 5.56 Å². The van der Waals surface area contributed by atoms with E-state index in [0.29, 0.717) is 31.4 Å². The summed E-state index contributed by atoms with van der Waals surface area (Å²) in [5, 5.41) is 17.4. The first-order chi connectivity index (χ1) is 15.1. The van der Waals surface area contributed by atoms with Crippen LogP contribution in [0.25, 0.3) is 5.65 Å². The van der Waals surface area contributed by atoms with Gasteiger partial charge in [0.05, 0.1) is 6.20 Å². The molecule has 1 saturated heterocycles. The van der Waals surface area contributed by atoms with E-state index in [1.165, 1.54) is 0 Å². The lowest BCUT2D eigenvalue weighted by atomic mass is 10.0. The SMILES string of the molecule is CCc1cnn2c(NCc3ccn(CC)c(=O)c3)nc(N3CCCCC3CCO)nc12. The fourth-order valence-corrected chi connectivity index (χ4v) is 4.22. The minimum Gasteiger partial charge on any atom is -0.396 e. The molecule has 4 heterocycles. The summed E-state index contributed by atoms with van der Waals surface area (Å²) in [7, 11) is 0. The predicted molar refractivity (Wildman–Crippen MR) is 121 cm³/mol. The zero-order valence-corrected chi connectivity index (χ0v) is 18.3. The lowest BCUT2D eigenvalue weighted by molar-refractivity contribution is 0.261. The third-order valence-corrected chi connectivity index (χ3v) is 6.01. The van der Waals surface area contributed by atoms with Gasteiger partial charge in [-0.05, 0) is 50.7 Å². The summed E-state index contributed by atoms with van der Waals surface area (Å²) < 4.78 is 3.41. The molecule has 0 spiro atoms. The molecular formula is C22H31N7O2. The highest BCUT2D eigenvalue weighted by atomic mass is 16.3. The highest BCUT2D eigenvalue weighted by molar-refractivity contribution is 5.55. The zero-order chi connectivity index (χ0) is 21.8. The Bertz CT molecular complexity index is 1090. The van der Waals surface area contributed by atoms with Crippen LogP contribution in [0.1, 0.15) is 50.7 Å². The van der Waals surface area contributed by atoms with Gasteiger partial charge in [0.1, 0.15) is 0 Å². The summed E-state index contributed by atoms with van der Waals surface area (Å²) in [6, 6.07) is 3.83. The Morgan fingerprint density at radius 2 is 2.13 bits per heavy atom. The summed E-state index contributed by atoms with van der Waals surface area (Å²) in [5.74, 6) is 1.28. The number of fused-ring (bicyclic) bond motifs is 1. The number of aryl methyl sites for hydroxylation is 2. The molecule has 0 amide bonds. The number of hydrogen-bond donors (Lipinski definition) is 2. The zero-order valence-electron chi connectivity index (χ0n) is 18.3. The largest absolute Gasteiger partial charge is 0.396 e. The normalized spacial score (nSPS) is 16.7. The Hall–Kier alpha value is -2.94. The van der Waals surface area contributed by atoms with Gasteiger partial charge in [-0.25, -0.2) is 0 Å². The lowest BCUT2D eigenvalue weighted by Gasteiger charge is -2.35. The molecule has 1 fully saturated rings. The number of piperidine rings is 1. The molecule has 31 heavy (non-hydrogen) atoms. The van der Waals surface area contributed by atoms with E-state index in [2.05, 4.69) is 22.2 Å². The van der Waals surface area contributed by atoms with Crippen LogP contribution in [-0.4, -0.2) is 48.4 Å². The second-order valence-corrected chi connectivity index (χ2v) is 7.97. The van der Waals surface area contributed by atoms with Crippen molar-refractivity contribution < 1.29 is 5.11 Å². The maximum absolute atomic E-state index is 12.2. The molecular weight excluding hydrogens is 394 g/mol. The van der Waals surface area contributed by atoms with Crippen molar-refractivity contribution in [3.63, 3.8) is 0 Å². The van der Waals surface area contributed by atoms with Crippen molar-refractivity contribution in [3.05, 3.63) is 46.0 Å². The molecule has 3 aromatic heterocycles. The molecule has 9 nitrogen and oxygen atoms in total. The van der Waals surface area contributed by atoms with E-state index < -0.39 is 0 Å². The van der Waals surface area contributed by atoms with Gasteiger partial charge in [-0.1, -0.05) is 6.92 Å². The molecule has 0 radical (unpaired) electrons. The van der Waals surface area contributed by atoms with Crippen molar-refractivity contribution in [3.8, 4) is 0 Å². The first-order valence-electron chi connectivity index (χ1n) is 11.2. The Morgan fingerprint density at radius 1 is 1.26 bits per heavy atom. The van der Waals surface area contributed by atoms with E-state index in [4.69, 9.17) is 9.97 Å². The molecule has 3 aromatic rings. The van der Waals surface area contributed by atoms with Crippen LogP contribution < -0.4 is 15.8 Å². The number of pyridine rings is 1. The number of nitrogens with one attached hydrogen (secondary N) is 1. The average molecular weight is 426 g/mol. The highest BCUT2D eigenvalue weighted by Crippen LogP contribution is 2.26. The topological polar surface area (TPSA) is 101 Å². The van der Waals surface area contributed by atoms with Crippen molar-refractivity contribution in [2.75, 3.05) is 23.4 Å². The number of aliphatic hydroxyl groups is 1. The molecule has 1 aliphatic heterocycles. The van der Waals surface area contributed by atoms with Gasteiger partial charge in [-0.15, -0.1) is 0 Å². The number of anilines is 2. The summed E-state index contributed by atoms with van der Waals surface area (Å²) in [6.45, 7) is 6.19. The van der Waals surface area contributed by atoms with E-state index >= 15 is 0 Å². The van der Waals surface area contributed by atoms with Crippen LogP contribution in [0.4, 0.5) is 11.9 Å². The number of aromatic nitrogens is 5. The van der Waals surface area contributed by atoms with E-state index in [9.17, 15) is 9.90 Å². The van der Waals surface area contributed by atoms with Crippen LogP contribution in [0.5, 0.6) is 0 Å². The lowest BCUT2D eigenvalue weighted by Crippen LogP contribution is -2.41. The maximum atomic E-state index is 12.2. The summed E-state index contributed by atoms with van der Waals surface area (Å²) in [4.78, 5) is 24.1. The quantitative estimate of drug-likeness (QED) is 0.571. The first-order valence-corrected chi connectivity index (χ1v) is 11.2. The summed E-state index contributed by atoms with van der Waals surface area (Å²) >= 11 is 0. The molecule has 2 N–H and O–H groups in total. The number of hydrogen-bond acceptors (Lipinski definition) is 7. The molecule has 9 heteroatoms. The minimum atomic E-state index is -0.0113. The Labute approximate surface area is 181 Å². The summed E-state index contributed by atoms with van der Waals surface area (Å²) in [6.07, 6.45) is 8.47. The van der Waals surface area contributed by atoms with Crippen molar-refractivity contribution >= 4 is 17.5 Å². The first kappa shape index (κ1) is 21.3. The second kappa shape index (κ2) is 9.47. The van der Waals surface area contributed by atoms with Crippen molar-refractivity contribution in [1.82, 2.24) is 24.1 Å². The molecule has 1 unspecified atom stereocenters. The van der Waals surface area contributed by atoms with Crippen LogP contribution in [0, 0.1) is 0 Å². The third kappa shape index (κ3) is 4.41. The van der Waals surface area contributed by atoms with Crippen molar-refractivity contribution in [1.29, 1.82) is 0 Å². The van der Waals surface area contributed by atoms with Crippen LogP contribution in [0.15, 0.2) is 29.3 Å². The van der Waals surface area contributed by atoms with Crippen LogP contribution >= 0.6 is 0 Å². The Kier molecular flexibility index (Phi) is 6.50.